The van der Waals surface area contributed by atoms with E-state index >= 15 is 0 Å². The van der Waals surface area contributed by atoms with Crippen LogP contribution < -0.4 is 4.90 Å². The summed E-state index contributed by atoms with van der Waals surface area (Å²) in [6.45, 7) is 4.94. The van der Waals surface area contributed by atoms with Crippen molar-refractivity contribution in [1.29, 1.82) is 0 Å². The standard InChI is InChI=1S/C19H25NO3/c1-14(12-13-20(3)4)22-19(21)18-11-10-17(23-18)15(2)16-8-6-5-7-9-16/h5-11,14-15H,12-13H2,1-4H3/p+1/t14-,15-/m0/s1. The highest BCUT2D eigenvalue weighted by molar-refractivity contribution is 5.86. The predicted octanol–water partition coefficient (Wildman–Crippen LogP) is 2.51. The Balaban J connectivity index is 1.97. The summed E-state index contributed by atoms with van der Waals surface area (Å²) in [6, 6.07) is 13.6. The van der Waals surface area contributed by atoms with Crippen LogP contribution in [0.5, 0.6) is 0 Å². The molecular weight excluding hydrogens is 290 g/mol. The molecule has 1 aromatic carbocycles. The maximum absolute atomic E-state index is 12.1. The van der Waals surface area contributed by atoms with Crippen molar-refractivity contribution < 1.29 is 18.8 Å². The average Bonchev–Trinajstić information content (AvgIpc) is 3.03. The molecule has 1 aromatic heterocycles. The SMILES string of the molecule is C[C@@H](c1ccccc1)c1ccc(C(=O)O[C@@H](C)CC[NH+](C)C)o1. The number of esters is 1. The molecule has 0 amide bonds. The van der Waals surface area contributed by atoms with Gasteiger partial charge < -0.3 is 14.1 Å². The lowest BCUT2D eigenvalue weighted by atomic mass is 9.99. The molecule has 0 aliphatic rings. The van der Waals surface area contributed by atoms with Gasteiger partial charge in [0.1, 0.15) is 11.9 Å². The van der Waals surface area contributed by atoms with Gasteiger partial charge in [-0.25, -0.2) is 4.79 Å². The van der Waals surface area contributed by atoms with Gasteiger partial charge >= 0.3 is 5.97 Å². The number of nitrogens with one attached hydrogen (secondary N) is 1. The van der Waals surface area contributed by atoms with Crippen molar-refractivity contribution in [2.75, 3.05) is 20.6 Å². The zero-order chi connectivity index (χ0) is 16.8. The van der Waals surface area contributed by atoms with E-state index in [9.17, 15) is 4.79 Å². The van der Waals surface area contributed by atoms with Gasteiger partial charge in [-0.1, -0.05) is 37.3 Å². The van der Waals surface area contributed by atoms with Gasteiger partial charge in [-0.2, -0.15) is 0 Å². The van der Waals surface area contributed by atoms with Crippen LogP contribution in [0.3, 0.4) is 0 Å². The van der Waals surface area contributed by atoms with Gasteiger partial charge in [-0.3, -0.25) is 0 Å². The molecule has 0 fully saturated rings. The minimum Gasteiger partial charge on any atom is -0.457 e. The Morgan fingerprint density at radius 2 is 1.83 bits per heavy atom. The van der Waals surface area contributed by atoms with Crippen LogP contribution in [0.15, 0.2) is 46.9 Å². The van der Waals surface area contributed by atoms with E-state index in [1.807, 2.05) is 31.2 Å². The molecule has 2 aromatic rings. The molecule has 0 aliphatic heterocycles. The second-order valence-electron chi connectivity index (χ2n) is 6.30. The number of carbonyl (C=O) groups excluding carboxylic acids is 1. The molecule has 0 radical (unpaired) electrons. The lowest BCUT2D eigenvalue weighted by Gasteiger charge is -2.14. The summed E-state index contributed by atoms with van der Waals surface area (Å²) in [5, 5.41) is 0. The first-order valence-corrected chi connectivity index (χ1v) is 8.12. The molecule has 0 bridgehead atoms. The lowest BCUT2D eigenvalue weighted by Crippen LogP contribution is -3.05. The summed E-state index contributed by atoms with van der Waals surface area (Å²) >= 11 is 0. The van der Waals surface area contributed by atoms with Crippen molar-refractivity contribution in [3.8, 4) is 0 Å². The van der Waals surface area contributed by atoms with Crippen LogP contribution in [0.2, 0.25) is 0 Å². The molecule has 1 heterocycles. The van der Waals surface area contributed by atoms with Crippen molar-refractivity contribution in [3.63, 3.8) is 0 Å². The van der Waals surface area contributed by atoms with E-state index in [-0.39, 0.29) is 17.8 Å². The Kier molecular flexibility index (Phi) is 5.99. The van der Waals surface area contributed by atoms with Crippen LogP contribution in [0.4, 0.5) is 0 Å². The molecule has 0 saturated heterocycles. The van der Waals surface area contributed by atoms with Crippen molar-refractivity contribution in [1.82, 2.24) is 0 Å². The van der Waals surface area contributed by atoms with Gasteiger partial charge in [-0.05, 0) is 24.6 Å². The summed E-state index contributed by atoms with van der Waals surface area (Å²) in [4.78, 5) is 13.5. The molecule has 0 saturated carbocycles. The molecular formula is C19H26NO3+. The molecule has 0 spiro atoms. The second kappa shape index (κ2) is 7.97. The van der Waals surface area contributed by atoms with Crippen LogP contribution in [0.25, 0.3) is 0 Å². The van der Waals surface area contributed by atoms with Gasteiger partial charge in [0.2, 0.25) is 5.76 Å². The van der Waals surface area contributed by atoms with Crippen LogP contribution in [0, 0.1) is 0 Å². The third-order valence-electron chi connectivity index (χ3n) is 3.91. The van der Waals surface area contributed by atoms with E-state index in [0.717, 1.165) is 24.3 Å². The highest BCUT2D eigenvalue weighted by Gasteiger charge is 2.19. The third kappa shape index (κ3) is 4.96. The Bertz CT molecular complexity index is 619. The molecule has 4 nitrogen and oxygen atoms in total. The van der Waals surface area contributed by atoms with E-state index in [4.69, 9.17) is 9.15 Å². The number of rotatable bonds is 7. The first kappa shape index (κ1) is 17.3. The maximum Gasteiger partial charge on any atom is 0.374 e. The van der Waals surface area contributed by atoms with Crippen molar-refractivity contribution in [3.05, 3.63) is 59.5 Å². The third-order valence-corrected chi connectivity index (χ3v) is 3.91. The molecule has 4 heteroatoms. The molecule has 0 aliphatic carbocycles. The van der Waals surface area contributed by atoms with Gasteiger partial charge in [0.05, 0.1) is 20.6 Å². The zero-order valence-electron chi connectivity index (χ0n) is 14.3. The minimum atomic E-state index is -0.391. The molecule has 1 N–H and O–H groups in total. The van der Waals surface area contributed by atoms with E-state index in [0.29, 0.717) is 0 Å². The summed E-state index contributed by atoms with van der Waals surface area (Å²) in [6.07, 6.45) is 0.722. The van der Waals surface area contributed by atoms with Crippen molar-refractivity contribution in [2.45, 2.75) is 32.3 Å². The fraction of sp³-hybridized carbons (Fsp3) is 0.421. The van der Waals surface area contributed by atoms with Gasteiger partial charge in [-0.15, -0.1) is 0 Å². The van der Waals surface area contributed by atoms with Crippen LogP contribution in [0.1, 0.15) is 48.1 Å². The molecule has 2 rings (SSSR count). The van der Waals surface area contributed by atoms with E-state index in [2.05, 4.69) is 33.2 Å². The van der Waals surface area contributed by atoms with E-state index in [1.54, 1.807) is 6.07 Å². The number of quaternary nitrogens is 1. The fourth-order valence-electron chi connectivity index (χ4n) is 2.39. The summed E-state index contributed by atoms with van der Waals surface area (Å²) in [7, 11) is 4.16. The molecule has 0 unspecified atom stereocenters. The van der Waals surface area contributed by atoms with Crippen LogP contribution in [-0.4, -0.2) is 32.7 Å². The highest BCUT2D eigenvalue weighted by Crippen LogP contribution is 2.26. The number of carbonyl (C=O) groups is 1. The van der Waals surface area contributed by atoms with Gasteiger partial charge in [0, 0.05) is 12.3 Å². The average molecular weight is 316 g/mol. The lowest BCUT2D eigenvalue weighted by molar-refractivity contribution is -0.858. The van der Waals surface area contributed by atoms with E-state index < -0.39 is 5.97 Å². The predicted molar refractivity (Wildman–Crippen MR) is 89.8 cm³/mol. The Labute approximate surface area is 138 Å². The Hall–Kier alpha value is -2.07. The topological polar surface area (TPSA) is 43.9 Å². The second-order valence-corrected chi connectivity index (χ2v) is 6.30. The largest absolute Gasteiger partial charge is 0.457 e. The van der Waals surface area contributed by atoms with Crippen molar-refractivity contribution in [2.24, 2.45) is 0 Å². The number of furan rings is 1. The van der Waals surface area contributed by atoms with Crippen LogP contribution >= 0.6 is 0 Å². The van der Waals surface area contributed by atoms with Crippen LogP contribution in [-0.2, 0) is 4.74 Å². The minimum absolute atomic E-state index is 0.104. The number of benzene rings is 1. The fourth-order valence-corrected chi connectivity index (χ4v) is 2.39. The normalized spacial score (nSPS) is 13.8. The first-order chi connectivity index (χ1) is 11.0. The summed E-state index contributed by atoms with van der Waals surface area (Å²) in [5.74, 6) is 0.755. The quantitative estimate of drug-likeness (QED) is 0.798. The zero-order valence-corrected chi connectivity index (χ0v) is 14.3. The number of hydrogen-bond acceptors (Lipinski definition) is 3. The van der Waals surface area contributed by atoms with Gasteiger partial charge in [0.25, 0.3) is 0 Å². The number of hydrogen-bond donors (Lipinski definition) is 1. The molecule has 2 atom stereocenters. The monoisotopic (exact) mass is 316 g/mol. The molecule has 124 valence electrons. The highest BCUT2D eigenvalue weighted by atomic mass is 16.6. The first-order valence-electron chi connectivity index (χ1n) is 8.12. The van der Waals surface area contributed by atoms with Crippen molar-refractivity contribution >= 4 is 5.97 Å². The number of ether oxygens (including phenoxy) is 1. The maximum atomic E-state index is 12.1. The smallest absolute Gasteiger partial charge is 0.374 e. The summed E-state index contributed by atoms with van der Waals surface area (Å²) in [5.41, 5.74) is 1.16. The Morgan fingerprint density at radius 3 is 2.48 bits per heavy atom. The summed E-state index contributed by atoms with van der Waals surface area (Å²) < 4.78 is 11.1. The molecule has 23 heavy (non-hydrogen) atoms. The van der Waals surface area contributed by atoms with Gasteiger partial charge in [0.15, 0.2) is 0 Å². The Morgan fingerprint density at radius 1 is 1.13 bits per heavy atom. The van der Waals surface area contributed by atoms with E-state index in [1.165, 1.54) is 4.90 Å².